The van der Waals surface area contributed by atoms with E-state index in [9.17, 15) is 4.79 Å². The van der Waals surface area contributed by atoms with Crippen LogP contribution in [0.3, 0.4) is 0 Å². The Morgan fingerprint density at radius 1 is 1.38 bits per heavy atom. The molecular weight excluding hydrogens is 274 g/mol. The molecule has 2 aromatic rings. The van der Waals surface area contributed by atoms with Crippen LogP contribution in [0, 0.1) is 0 Å². The lowest BCUT2D eigenvalue weighted by Crippen LogP contribution is -2.43. The van der Waals surface area contributed by atoms with E-state index in [4.69, 9.17) is 8.94 Å². The van der Waals surface area contributed by atoms with Crippen molar-refractivity contribution < 1.29 is 13.7 Å². The van der Waals surface area contributed by atoms with Gasteiger partial charge in [-0.2, -0.15) is 4.98 Å². The Balaban J connectivity index is 1.64. The second-order valence-corrected chi connectivity index (χ2v) is 5.27. The van der Waals surface area contributed by atoms with Crippen molar-refractivity contribution in [3.8, 4) is 11.5 Å². The van der Waals surface area contributed by atoms with Gasteiger partial charge in [0.2, 0.25) is 11.7 Å². The van der Waals surface area contributed by atoms with Crippen LogP contribution >= 0.6 is 0 Å². The standard InChI is InChI=1S/C13H17N5O3/c1-17(2)13(19)18-5-3-9(4-6-18)12-15-11(16-21-12)10-7-20-8-14-10/h7-9H,3-6H2,1-2H3. The van der Waals surface area contributed by atoms with Gasteiger partial charge in [0.25, 0.3) is 0 Å². The fourth-order valence-electron chi connectivity index (χ4n) is 2.43. The van der Waals surface area contributed by atoms with Crippen LogP contribution in [0.25, 0.3) is 11.5 Å². The first-order valence-electron chi connectivity index (χ1n) is 6.83. The van der Waals surface area contributed by atoms with E-state index in [1.807, 2.05) is 4.90 Å². The van der Waals surface area contributed by atoms with Gasteiger partial charge in [-0.1, -0.05) is 5.16 Å². The Kier molecular flexibility index (Phi) is 3.59. The number of nitrogens with zero attached hydrogens (tertiary/aromatic N) is 5. The van der Waals surface area contributed by atoms with E-state index in [0.717, 1.165) is 12.8 Å². The third-order valence-corrected chi connectivity index (χ3v) is 3.60. The maximum absolute atomic E-state index is 11.9. The molecule has 1 aliphatic rings. The molecule has 1 fully saturated rings. The first-order chi connectivity index (χ1) is 10.1. The van der Waals surface area contributed by atoms with Crippen molar-refractivity contribution in [1.29, 1.82) is 0 Å². The highest BCUT2D eigenvalue weighted by atomic mass is 16.5. The average Bonchev–Trinajstić information content (AvgIpc) is 3.17. The fraction of sp³-hybridized carbons (Fsp3) is 0.538. The van der Waals surface area contributed by atoms with Crippen LogP contribution < -0.4 is 0 Å². The topological polar surface area (TPSA) is 88.5 Å². The monoisotopic (exact) mass is 291 g/mol. The van der Waals surface area contributed by atoms with Crippen LogP contribution in [-0.2, 0) is 0 Å². The minimum atomic E-state index is 0.0438. The lowest BCUT2D eigenvalue weighted by Gasteiger charge is -2.32. The van der Waals surface area contributed by atoms with E-state index < -0.39 is 0 Å². The van der Waals surface area contributed by atoms with E-state index in [2.05, 4.69) is 15.1 Å². The van der Waals surface area contributed by atoms with Crippen LogP contribution in [-0.4, -0.2) is 58.1 Å². The Morgan fingerprint density at radius 2 is 2.14 bits per heavy atom. The number of hydrogen-bond donors (Lipinski definition) is 0. The van der Waals surface area contributed by atoms with E-state index in [1.165, 1.54) is 12.7 Å². The van der Waals surface area contributed by atoms with Gasteiger partial charge < -0.3 is 18.7 Å². The molecule has 0 radical (unpaired) electrons. The quantitative estimate of drug-likeness (QED) is 0.834. The van der Waals surface area contributed by atoms with Gasteiger partial charge in [0.05, 0.1) is 0 Å². The number of piperidine rings is 1. The molecule has 8 heteroatoms. The van der Waals surface area contributed by atoms with Crippen LogP contribution in [0.2, 0.25) is 0 Å². The van der Waals surface area contributed by atoms with Crippen molar-refractivity contribution in [3.63, 3.8) is 0 Å². The molecule has 3 rings (SSSR count). The molecule has 0 unspecified atom stereocenters. The molecule has 8 nitrogen and oxygen atoms in total. The Labute approximate surface area is 121 Å². The smallest absolute Gasteiger partial charge is 0.319 e. The van der Waals surface area contributed by atoms with Gasteiger partial charge in [-0.15, -0.1) is 0 Å². The number of urea groups is 1. The lowest BCUT2D eigenvalue weighted by atomic mass is 9.97. The fourth-order valence-corrected chi connectivity index (χ4v) is 2.43. The van der Waals surface area contributed by atoms with Gasteiger partial charge in [-0.25, -0.2) is 9.78 Å². The average molecular weight is 291 g/mol. The molecule has 2 aromatic heterocycles. The number of carbonyl (C=O) groups is 1. The second kappa shape index (κ2) is 5.55. The number of likely N-dealkylation sites (tertiary alicyclic amines) is 1. The summed E-state index contributed by atoms with van der Waals surface area (Å²) in [5.74, 6) is 1.22. The number of hydrogen-bond acceptors (Lipinski definition) is 6. The Morgan fingerprint density at radius 3 is 2.76 bits per heavy atom. The number of amides is 2. The lowest BCUT2D eigenvalue weighted by molar-refractivity contribution is 0.152. The van der Waals surface area contributed by atoms with E-state index >= 15 is 0 Å². The molecule has 0 aromatic carbocycles. The normalized spacial score (nSPS) is 16.2. The van der Waals surface area contributed by atoms with Crippen molar-refractivity contribution in [2.24, 2.45) is 0 Å². The Bertz CT molecular complexity index is 599. The van der Waals surface area contributed by atoms with E-state index in [-0.39, 0.29) is 11.9 Å². The van der Waals surface area contributed by atoms with Crippen LogP contribution in [0.1, 0.15) is 24.7 Å². The minimum Gasteiger partial charge on any atom is -0.451 e. The summed E-state index contributed by atoms with van der Waals surface area (Å²) in [6.07, 6.45) is 4.45. The molecule has 3 heterocycles. The first-order valence-corrected chi connectivity index (χ1v) is 6.83. The SMILES string of the molecule is CN(C)C(=O)N1CCC(c2nc(-c3cocn3)no2)CC1. The first kappa shape index (κ1) is 13.6. The summed E-state index contributed by atoms with van der Waals surface area (Å²) in [6.45, 7) is 1.40. The van der Waals surface area contributed by atoms with Crippen molar-refractivity contribution in [2.75, 3.05) is 27.2 Å². The molecule has 0 aliphatic carbocycles. The van der Waals surface area contributed by atoms with Crippen molar-refractivity contribution in [1.82, 2.24) is 24.9 Å². The maximum Gasteiger partial charge on any atom is 0.319 e. The molecule has 0 bridgehead atoms. The molecule has 0 atom stereocenters. The molecule has 0 saturated carbocycles. The van der Waals surface area contributed by atoms with Crippen molar-refractivity contribution in [3.05, 3.63) is 18.5 Å². The van der Waals surface area contributed by atoms with Crippen LogP contribution in [0.4, 0.5) is 4.79 Å². The zero-order chi connectivity index (χ0) is 14.8. The number of carbonyl (C=O) groups excluding carboxylic acids is 1. The van der Waals surface area contributed by atoms with E-state index in [0.29, 0.717) is 30.5 Å². The molecule has 1 saturated heterocycles. The molecule has 21 heavy (non-hydrogen) atoms. The summed E-state index contributed by atoms with van der Waals surface area (Å²) in [5.41, 5.74) is 0.560. The maximum atomic E-state index is 11.9. The molecule has 0 N–H and O–H groups in total. The number of aromatic nitrogens is 3. The number of rotatable bonds is 2. The zero-order valence-corrected chi connectivity index (χ0v) is 12.0. The predicted octanol–water partition coefficient (Wildman–Crippen LogP) is 1.59. The van der Waals surface area contributed by atoms with Gasteiger partial charge >= 0.3 is 6.03 Å². The third-order valence-electron chi connectivity index (χ3n) is 3.60. The second-order valence-electron chi connectivity index (χ2n) is 5.27. The van der Waals surface area contributed by atoms with Gasteiger partial charge in [-0.05, 0) is 12.8 Å². The Hall–Kier alpha value is -2.38. The highest BCUT2D eigenvalue weighted by Gasteiger charge is 2.28. The van der Waals surface area contributed by atoms with E-state index in [1.54, 1.807) is 19.0 Å². The van der Waals surface area contributed by atoms with Crippen molar-refractivity contribution in [2.45, 2.75) is 18.8 Å². The van der Waals surface area contributed by atoms with Crippen LogP contribution in [0.15, 0.2) is 21.6 Å². The summed E-state index contributed by atoms with van der Waals surface area (Å²) in [4.78, 5) is 23.7. The largest absolute Gasteiger partial charge is 0.451 e. The van der Waals surface area contributed by atoms with Gasteiger partial charge in [0.1, 0.15) is 12.0 Å². The highest BCUT2D eigenvalue weighted by molar-refractivity contribution is 5.73. The van der Waals surface area contributed by atoms with Crippen LogP contribution in [0.5, 0.6) is 0 Å². The molecular formula is C13H17N5O3. The minimum absolute atomic E-state index is 0.0438. The van der Waals surface area contributed by atoms with Crippen molar-refractivity contribution >= 4 is 6.03 Å². The summed E-state index contributed by atoms with van der Waals surface area (Å²) >= 11 is 0. The third kappa shape index (κ3) is 2.74. The zero-order valence-electron chi connectivity index (χ0n) is 12.0. The predicted molar refractivity (Wildman–Crippen MR) is 72.4 cm³/mol. The molecule has 112 valence electrons. The summed E-state index contributed by atoms with van der Waals surface area (Å²) in [5, 5.41) is 3.92. The summed E-state index contributed by atoms with van der Waals surface area (Å²) in [6, 6.07) is 0.0438. The van der Waals surface area contributed by atoms with Gasteiger partial charge in [0, 0.05) is 33.1 Å². The molecule has 0 spiro atoms. The summed E-state index contributed by atoms with van der Waals surface area (Å²) < 4.78 is 10.2. The molecule has 1 aliphatic heterocycles. The van der Waals surface area contributed by atoms with Gasteiger partial charge in [-0.3, -0.25) is 0 Å². The van der Waals surface area contributed by atoms with Gasteiger partial charge in [0.15, 0.2) is 6.39 Å². The highest BCUT2D eigenvalue weighted by Crippen LogP contribution is 2.28. The summed E-state index contributed by atoms with van der Waals surface area (Å²) in [7, 11) is 3.52. The molecule has 2 amide bonds. The number of oxazole rings is 1.